The second-order valence-corrected chi connectivity index (χ2v) is 28.2. The van der Waals surface area contributed by atoms with Crippen molar-refractivity contribution in [1.82, 2.24) is 5.32 Å². The first kappa shape index (κ1) is 54.6. The highest BCUT2D eigenvalue weighted by atomic mass is 16.5. The Kier molecular flexibility index (Phi) is 14.2. The number of allylic oxidation sites excluding steroid dienone is 4. The van der Waals surface area contributed by atoms with Crippen molar-refractivity contribution >= 4 is 11.7 Å². The highest BCUT2D eigenvalue weighted by molar-refractivity contribution is 5.98. The summed E-state index contributed by atoms with van der Waals surface area (Å²) in [5.41, 5.74) is 16.5. The summed E-state index contributed by atoms with van der Waals surface area (Å²) < 4.78 is 13.9. The predicted molar refractivity (Wildman–Crippen MR) is 321 cm³/mol. The van der Waals surface area contributed by atoms with E-state index in [2.05, 4.69) is 90.8 Å². The summed E-state index contributed by atoms with van der Waals surface area (Å²) >= 11 is 0. The average Bonchev–Trinajstić information content (AvgIpc) is 2.21. The van der Waals surface area contributed by atoms with Crippen molar-refractivity contribution in [3.63, 3.8) is 0 Å². The Morgan fingerprint density at radius 2 is 1.63 bits per heavy atom. The summed E-state index contributed by atoms with van der Waals surface area (Å²) in [6.07, 6.45) is 29.2. The number of aliphatic hydroxyl groups is 2. The molecule has 1 heterocycles. The van der Waals surface area contributed by atoms with Gasteiger partial charge in [0.25, 0.3) is 0 Å². The molecule has 12 unspecified atom stereocenters. The number of fused-ring (bicyclic) bond motifs is 12. The summed E-state index contributed by atoms with van der Waals surface area (Å²) in [6, 6.07) is 17.9. The van der Waals surface area contributed by atoms with Crippen molar-refractivity contribution in [1.29, 1.82) is 0 Å². The van der Waals surface area contributed by atoms with Crippen LogP contribution in [0.5, 0.6) is 17.2 Å². The maximum atomic E-state index is 15.4. The molecule has 7 N–H and O–H groups in total. The third kappa shape index (κ3) is 8.87. The highest BCUT2D eigenvalue weighted by Crippen LogP contribution is 2.71. The number of ether oxygens (including phenoxy) is 2. The zero-order valence-electron chi connectivity index (χ0n) is 48.8. The van der Waals surface area contributed by atoms with E-state index in [-0.39, 0.29) is 96.3 Å². The van der Waals surface area contributed by atoms with Crippen molar-refractivity contribution in [3.05, 3.63) is 122 Å². The topological polar surface area (TPSA) is 167 Å². The Morgan fingerprint density at radius 3 is 2.43 bits per heavy atom. The molecule has 11 aliphatic rings. The number of hydrogen-bond acceptors (Lipinski definition) is 10. The van der Waals surface area contributed by atoms with Crippen LogP contribution in [0.1, 0.15) is 224 Å². The lowest BCUT2D eigenvalue weighted by molar-refractivity contribution is -0.116. The Balaban J connectivity index is 1.00. The van der Waals surface area contributed by atoms with Crippen molar-refractivity contribution in [2.45, 2.75) is 214 Å². The lowest BCUT2D eigenvalue weighted by atomic mass is 9.43. The van der Waals surface area contributed by atoms with E-state index in [1.54, 1.807) is 0 Å². The Bertz CT molecular complexity index is 3200. The fourth-order valence-corrected chi connectivity index (χ4v) is 20.5. The quantitative estimate of drug-likeness (QED) is 0.104. The first-order valence-corrected chi connectivity index (χ1v) is 32.4. The standard InChI is InChI=1S/C72H89N3O7/c1-43-30-56-46-31-50(37-52(78)33-46)70(25-10-11-26-70)48-14-12-15-49(36-48)72(27-7-3-8-28-72)75-68(73)74-51-16-13-19-54-55(44-21-22-45-40-69(42-77)24-9-6-20-58(69)57(41-76)63(45)60(79)35-44)38-62(82-53-17-4-5-18-53)67(80)65(54)66-64-47(32-51)34-59(56)71(66,39-43)29-23-61(64)81-2/h9,12,14-15,24,31,33-34,36-38,43-45,47,51,53,56,58,61,64,66,76-78,80H,3-8,10-11,16-18,20-23,25-30,32,35,39-42H2,1-2H3,(H3,73,74,75). The van der Waals surface area contributed by atoms with E-state index in [1.807, 2.05) is 7.11 Å². The maximum Gasteiger partial charge on any atom is 0.189 e. The van der Waals surface area contributed by atoms with Gasteiger partial charge in [0.15, 0.2) is 23.2 Å². The van der Waals surface area contributed by atoms with Gasteiger partial charge in [-0.3, -0.25) is 4.79 Å². The van der Waals surface area contributed by atoms with Crippen LogP contribution in [-0.2, 0) is 20.5 Å². The van der Waals surface area contributed by atoms with Gasteiger partial charge in [-0.25, -0.2) is 4.99 Å². The van der Waals surface area contributed by atoms with Gasteiger partial charge in [0.05, 0.1) is 37.0 Å². The van der Waals surface area contributed by atoms with Crippen molar-refractivity contribution in [2.75, 3.05) is 20.3 Å². The van der Waals surface area contributed by atoms with Crippen LogP contribution in [0.2, 0.25) is 0 Å². The van der Waals surface area contributed by atoms with E-state index < -0.39 is 16.4 Å². The van der Waals surface area contributed by atoms with Crippen molar-refractivity contribution in [3.8, 4) is 29.1 Å². The lowest BCUT2D eigenvalue weighted by Crippen LogP contribution is -2.54. The molecule has 3 aromatic carbocycles. The number of carbonyl (C=O) groups is 1. The van der Waals surface area contributed by atoms with Gasteiger partial charge in [-0.05, 0) is 208 Å². The molecule has 10 nitrogen and oxygen atoms in total. The second kappa shape index (κ2) is 21.3. The number of hydrogen-bond donors (Lipinski definition) is 6. The van der Waals surface area contributed by atoms with Crippen molar-refractivity contribution < 1.29 is 34.7 Å². The fraction of sp³-hybridized carbons (Fsp3) is 0.611. The Hall–Kier alpha value is -5.34. The van der Waals surface area contributed by atoms with Crippen LogP contribution in [0.4, 0.5) is 0 Å². The number of aliphatic hydroxyl groups excluding tert-OH is 2. The monoisotopic (exact) mass is 1110 g/mol. The molecule has 0 amide bonds. The molecule has 12 atom stereocenters. The zero-order chi connectivity index (χ0) is 56.1. The first-order chi connectivity index (χ1) is 39.9. The summed E-state index contributed by atoms with van der Waals surface area (Å²) in [6.45, 7) is 2.23. The molecule has 6 saturated carbocycles. The van der Waals surface area contributed by atoms with Gasteiger partial charge in [-0.1, -0.05) is 105 Å². The average molecular weight is 1110 g/mol. The number of benzene rings is 3. The van der Waals surface area contributed by atoms with E-state index in [4.69, 9.17) is 20.2 Å². The molecule has 0 aromatic heterocycles. The van der Waals surface area contributed by atoms with E-state index in [9.17, 15) is 20.4 Å². The summed E-state index contributed by atoms with van der Waals surface area (Å²) in [4.78, 5) is 21.0. The number of carbonyl (C=O) groups excluding carboxylic acids is 1. The van der Waals surface area contributed by atoms with Crippen LogP contribution < -0.4 is 15.8 Å². The molecule has 3 aromatic rings. The molecular formula is C72H89N3O7. The number of nitrogens with zero attached hydrogens (tertiary/aromatic N) is 1. The number of nitrogens with two attached hydrogens (primary N) is 1. The SMILES string of the molecule is COC1CCC23CC(C)CC4C2=CC2CC(CC#Cc5c(C6CCC7CC8(CO)C=CCCC8C(CO)=C7C(=O)C6)cc(OC6CCCC6)c(O)c5C3C21)N=C(N)NC1(CCCCC1)c1cccc(c1)C1(CCCC1)c1cc(O)cc4c1. The number of ketones is 1. The van der Waals surface area contributed by atoms with E-state index in [0.717, 1.165) is 150 Å². The van der Waals surface area contributed by atoms with Crippen LogP contribution >= 0.6 is 0 Å². The number of rotatable bonds is 6. The van der Waals surface area contributed by atoms with Crippen LogP contribution in [-0.4, -0.2) is 70.7 Å². The normalized spacial score (nSPS) is 35.3. The largest absolute Gasteiger partial charge is 0.508 e. The summed E-state index contributed by atoms with van der Waals surface area (Å²) in [7, 11) is 1.88. The van der Waals surface area contributed by atoms with Gasteiger partial charge in [0.1, 0.15) is 5.75 Å². The molecule has 434 valence electrons. The maximum absolute atomic E-state index is 15.4. The predicted octanol–water partition coefficient (Wildman–Crippen LogP) is 13.2. The first-order valence-electron chi connectivity index (χ1n) is 32.4. The van der Waals surface area contributed by atoms with Gasteiger partial charge >= 0.3 is 0 Å². The van der Waals surface area contributed by atoms with Gasteiger partial charge in [0.2, 0.25) is 0 Å². The third-order valence-electron chi connectivity index (χ3n) is 23.9. The second-order valence-electron chi connectivity index (χ2n) is 28.2. The molecule has 14 rings (SSSR count). The number of aromatic hydroxyl groups is 2. The minimum atomic E-state index is -0.496. The molecular weight excluding hydrogens is 1020 g/mol. The van der Waals surface area contributed by atoms with Crippen molar-refractivity contribution in [2.24, 2.45) is 51.1 Å². The number of phenolic OH excluding ortho intramolecular Hbond substituents is 2. The number of guanidine groups is 1. The number of methoxy groups -OCH3 is 1. The molecule has 0 saturated heterocycles. The fourth-order valence-electron chi connectivity index (χ4n) is 20.5. The van der Waals surface area contributed by atoms with Gasteiger partial charge in [-0.15, -0.1) is 0 Å². The molecule has 3 spiro atoms. The molecule has 10 aliphatic carbocycles. The number of nitrogens with one attached hydrogen (secondary N) is 1. The van der Waals surface area contributed by atoms with E-state index in [1.165, 1.54) is 34.2 Å². The van der Waals surface area contributed by atoms with E-state index in [0.29, 0.717) is 49.1 Å². The molecule has 82 heavy (non-hydrogen) atoms. The Morgan fingerprint density at radius 1 is 0.841 bits per heavy atom. The minimum absolute atomic E-state index is 0.00823. The zero-order valence-corrected chi connectivity index (χ0v) is 48.8. The number of Topliss-reactive ketones (excluding diaryl/α,β-unsaturated/α-hetero) is 1. The highest BCUT2D eigenvalue weighted by Gasteiger charge is 2.61. The van der Waals surface area contributed by atoms with Gasteiger partial charge in [0, 0.05) is 59.3 Å². The van der Waals surface area contributed by atoms with Crippen LogP contribution in [0.15, 0.2) is 88.5 Å². The molecule has 0 radical (unpaired) electrons. The number of aliphatic imine (C=N–C) groups is 1. The molecule has 10 bridgehead atoms. The lowest BCUT2D eigenvalue weighted by Gasteiger charge is -2.62. The third-order valence-corrected chi connectivity index (χ3v) is 23.9. The van der Waals surface area contributed by atoms with Crippen LogP contribution in [0.25, 0.3) is 0 Å². The minimum Gasteiger partial charge on any atom is -0.508 e. The number of phenols is 2. The smallest absolute Gasteiger partial charge is 0.189 e. The van der Waals surface area contributed by atoms with Gasteiger partial charge in [-0.2, -0.15) is 0 Å². The Labute approximate surface area is 486 Å². The molecule has 1 aliphatic heterocycles. The van der Waals surface area contributed by atoms with Crippen LogP contribution in [0.3, 0.4) is 0 Å². The van der Waals surface area contributed by atoms with Gasteiger partial charge < -0.3 is 41.0 Å². The van der Waals surface area contributed by atoms with Crippen LogP contribution in [0, 0.1) is 52.3 Å². The molecule has 10 heteroatoms. The summed E-state index contributed by atoms with van der Waals surface area (Å²) in [5, 5.41) is 52.3. The summed E-state index contributed by atoms with van der Waals surface area (Å²) in [5.74, 6) is 8.79. The molecule has 6 fully saturated rings. The van der Waals surface area contributed by atoms with E-state index >= 15 is 4.79 Å².